The first-order chi connectivity index (χ1) is 11.2. The van der Waals surface area contributed by atoms with E-state index in [0.717, 1.165) is 19.5 Å². The van der Waals surface area contributed by atoms with E-state index in [1.54, 1.807) is 12.1 Å². The number of nitrogens with two attached hydrogens (primary N) is 1. The lowest BCUT2D eigenvalue weighted by atomic mass is 10.1. The van der Waals surface area contributed by atoms with E-state index in [-0.39, 0.29) is 30.7 Å². The predicted octanol–water partition coefficient (Wildman–Crippen LogP) is 2.02. The fourth-order valence-electron chi connectivity index (χ4n) is 2.67. The molecule has 2 heterocycles. The van der Waals surface area contributed by atoms with Crippen molar-refractivity contribution in [2.45, 2.75) is 19.9 Å². The first-order valence-electron chi connectivity index (χ1n) is 7.85. The number of nitrogens with zero attached hydrogens (tertiary/aromatic N) is 4. The van der Waals surface area contributed by atoms with Crippen molar-refractivity contribution < 1.29 is 9.32 Å². The lowest BCUT2D eigenvalue weighted by Gasteiger charge is -2.34. The van der Waals surface area contributed by atoms with Gasteiger partial charge in [-0.15, -0.1) is 24.8 Å². The number of carbonyl (C=O) groups excluding carboxylic acids is 1. The highest BCUT2D eigenvalue weighted by Gasteiger charge is 2.24. The summed E-state index contributed by atoms with van der Waals surface area (Å²) in [6.45, 7) is 5.55. The second-order valence-electron chi connectivity index (χ2n) is 5.61. The normalized spacial score (nSPS) is 14.5. The van der Waals surface area contributed by atoms with Gasteiger partial charge in [-0.05, 0) is 12.1 Å². The van der Waals surface area contributed by atoms with Crippen molar-refractivity contribution in [3.8, 4) is 0 Å². The molecule has 1 fully saturated rings. The minimum absolute atomic E-state index is 0. The maximum absolute atomic E-state index is 12.5. The van der Waals surface area contributed by atoms with E-state index in [1.165, 1.54) is 0 Å². The zero-order valence-corrected chi connectivity index (χ0v) is 15.7. The molecule has 3 rings (SSSR count). The molecule has 7 nitrogen and oxygen atoms in total. The van der Waals surface area contributed by atoms with Crippen LogP contribution >= 0.6 is 24.8 Å². The Morgan fingerprint density at radius 2 is 1.88 bits per heavy atom. The van der Waals surface area contributed by atoms with Gasteiger partial charge in [-0.25, -0.2) is 0 Å². The van der Waals surface area contributed by atoms with Crippen molar-refractivity contribution in [3.05, 3.63) is 41.5 Å². The molecule has 1 aliphatic heterocycles. The maximum Gasteiger partial charge on any atom is 0.256 e. The van der Waals surface area contributed by atoms with E-state index in [2.05, 4.69) is 15.0 Å². The molecule has 1 aromatic heterocycles. The summed E-state index contributed by atoms with van der Waals surface area (Å²) in [5.41, 5.74) is 6.99. The van der Waals surface area contributed by atoms with Gasteiger partial charge in [0.25, 0.3) is 5.91 Å². The second-order valence-corrected chi connectivity index (χ2v) is 5.61. The molecule has 0 spiro atoms. The number of benzene rings is 1. The van der Waals surface area contributed by atoms with E-state index in [9.17, 15) is 4.79 Å². The van der Waals surface area contributed by atoms with Crippen molar-refractivity contribution in [3.63, 3.8) is 0 Å². The molecule has 0 atom stereocenters. The molecule has 0 bridgehead atoms. The molecule has 0 radical (unpaired) electrons. The van der Waals surface area contributed by atoms with Crippen molar-refractivity contribution in [2.75, 3.05) is 31.9 Å². The lowest BCUT2D eigenvalue weighted by Crippen LogP contribution is -2.48. The van der Waals surface area contributed by atoms with E-state index in [4.69, 9.17) is 10.3 Å². The molecule has 1 aliphatic rings. The summed E-state index contributed by atoms with van der Waals surface area (Å²) in [7, 11) is 0. The first-order valence-corrected chi connectivity index (χ1v) is 7.85. The monoisotopic (exact) mass is 387 g/mol. The van der Waals surface area contributed by atoms with Crippen molar-refractivity contribution in [1.29, 1.82) is 0 Å². The molecule has 2 aromatic rings. The van der Waals surface area contributed by atoms with Gasteiger partial charge in [0.1, 0.15) is 0 Å². The summed E-state index contributed by atoms with van der Waals surface area (Å²) in [4.78, 5) is 20.9. The van der Waals surface area contributed by atoms with Crippen LogP contribution in [0.15, 0.2) is 28.8 Å². The smallest absolute Gasteiger partial charge is 0.256 e. The van der Waals surface area contributed by atoms with Crippen LogP contribution in [-0.2, 0) is 13.0 Å². The molecule has 138 valence electrons. The van der Waals surface area contributed by atoms with Crippen molar-refractivity contribution in [1.82, 2.24) is 19.9 Å². The number of nitrogen functional groups attached to an aromatic ring is 1. The van der Waals surface area contributed by atoms with Crippen LogP contribution in [0.2, 0.25) is 0 Å². The Labute approximate surface area is 159 Å². The van der Waals surface area contributed by atoms with Crippen LogP contribution in [0.5, 0.6) is 0 Å². The van der Waals surface area contributed by atoms with Crippen LogP contribution in [0, 0.1) is 0 Å². The summed E-state index contributed by atoms with van der Waals surface area (Å²) in [6, 6.07) is 7.20. The van der Waals surface area contributed by atoms with Gasteiger partial charge in [0.2, 0.25) is 5.89 Å². The molecule has 1 aromatic carbocycles. The Bertz CT molecular complexity index is 687. The molecule has 1 amide bonds. The van der Waals surface area contributed by atoms with E-state index in [0.29, 0.717) is 42.6 Å². The summed E-state index contributed by atoms with van der Waals surface area (Å²) < 4.78 is 5.12. The zero-order chi connectivity index (χ0) is 16.2. The number of halogens is 2. The highest BCUT2D eigenvalue weighted by molar-refractivity contribution is 5.99. The number of aryl methyl sites for hydroxylation is 1. The van der Waals surface area contributed by atoms with Gasteiger partial charge in [-0.3, -0.25) is 9.69 Å². The van der Waals surface area contributed by atoms with Crippen LogP contribution in [-0.4, -0.2) is 52.0 Å². The van der Waals surface area contributed by atoms with Crippen LogP contribution in [0.3, 0.4) is 0 Å². The lowest BCUT2D eigenvalue weighted by molar-refractivity contribution is 0.0625. The second kappa shape index (κ2) is 9.60. The zero-order valence-electron chi connectivity index (χ0n) is 14.1. The molecule has 25 heavy (non-hydrogen) atoms. The molecule has 0 unspecified atom stereocenters. The van der Waals surface area contributed by atoms with Crippen molar-refractivity contribution in [2.24, 2.45) is 0 Å². The van der Waals surface area contributed by atoms with Gasteiger partial charge in [-0.2, -0.15) is 4.98 Å². The highest BCUT2D eigenvalue weighted by atomic mass is 35.5. The van der Waals surface area contributed by atoms with Crippen LogP contribution < -0.4 is 5.73 Å². The third-order valence-corrected chi connectivity index (χ3v) is 4.03. The standard InChI is InChI=1S/C16H21N5O2.2ClH/c1-2-15-18-14(19-23-15)11-20-7-9-21(10-8-20)16(22)12-5-3-4-6-13(12)17;;/h3-6H,2,7-11,17H2,1H3;2*1H. The third kappa shape index (κ3) is 5.07. The van der Waals surface area contributed by atoms with Gasteiger partial charge >= 0.3 is 0 Å². The Hall–Kier alpha value is -1.83. The van der Waals surface area contributed by atoms with Gasteiger partial charge in [0.05, 0.1) is 12.1 Å². The fourth-order valence-corrected chi connectivity index (χ4v) is 2.67. The average molecular weight is 388 g/mol. The number of carbonyl (C=O) groups is 1. The largest absolute Gasteiger partial charge is 0.398 e. The predicted molar refractivity (Wildman–Crippen MR) is 100 cm³/mol. The Morgan fingerprint density at radius 3 is 2.48 bits per heavy atom. The van der Waals surface area contributed by atoms with Gasteiger partial charge in [0.15, 0.2) is 5.82 Å². The Kier molecular flexibility index (Phi) is 8.15. The van der Waals surface area contributed by atoms with Crippen LogP contribution in [0.25, 0.3) is 0 Å². The SMILES string of the molecule is CCc1nc(CN2CCN(C(=O)c3ccccc3N)CC2)no1.Cl.Cl. The number of rotatable bonds is 4. The number of hydrogen-bond donors (Lipinski definition) is 1. The van der Waals surface area contributed by atoms with Gasteiger partial charge in [0, 0.05) is 38.3 Å². The van der Waals surface area contributed by atoms with Gasteiger partial charge < -0.3 is 15.2 Å². The average Bonchev–Trinajstić information content (AvgIpc) is 3.03. The van der Waals surface area contributed by atoms with E-state index in [1.807, 2.05) is 24.0 Å². The first kappa shape index (κ1) is 21.2. The summed E-state index contributed by atoms with van der Waals surface area (Å²) in [5.74, 6) is 1.36. The topological polar surface area (TPSA) is 88.5 Å². The number of para-hydroxylation sites is 1. The minimum atomic E-state index is -0.00409. The van der Waals surface area contributed by atoms with E-state index < -0.39 is 0 Å². The summed E-state index contributed by atoms with van der Waals surface area (Å²) >= 11 is 0. The van der Waals surface area contributed by atoms with Crippen LogP contribution in [0.4, 0.5) is 5.69 Å². The number of amides is 1. The molecule has 0 saturated carbocycles. The molecular weight excluding hydrogens is 365 g/mol. The molecular formula is C16H23Cl2N5O2. The maximum atomic E-state index is 12.5. The Balaban J connectivity index is 0.00000156. The van der Waals surface area contributed by atoms with Gasteiger partial charge in [-0.1, -0.05) is 24.2 Å². The summed E-state index contributed by atoms with van der Waals surface area (Å²) in [5, 5.41) is 3.97. The molecule has 1 saturated heterocycles. The van der Waals surface area contributed by atoms with Crippen molar-refractivity contribution >= 4 is 36.4 Å². The quantitative estimate of drug-likeness (QED) is 0.807. The number of hydrogen-bond acceptors (Lipinski definition) is 6. The molecule has 0 aliphatic carbocycles. The summed E-state index contributed by atoms with van der Waals surface area (Å²) in [6.07, 6.45) is 0.744. The third-order valence-electron chi connectivity index (χ3n) is 4.03. The molecule has 9 heteroatoms. The number of aromatic nitrogens is 2. The minimum Gasteiger partial charge on any atom is -0.398 e. The number of anilines is 1. The van der Waals surface area contributed by atoms with E-state index >= 15 is 0 Å². The highest BCUT2D eigenvalue weighted by Crippen LogP contribution is 2.15. The van der Waals surface area contributed by atoms with Crippen LogP contribution in [0.1, 0.15) is 29.0 Å². The molecule has 2 N–H and O–H groups in total. The fraction of sp³-hybridized carbons (Fsp3) is 0.438. The Morgan fingerprint density at radius 1 is 1.20 bits per heavy atom. The number of piperazine rings is 1.